The van der Waals surface area contributed by atoms with E-state index in [-0.39, 0.29) is 12.8 Å². The number of benzene rings is 1. The van der Waals surface area contributed by atoms with Gasteiger partial charge in [0.1, 0.15) is 0 Å². The zero-order valence-electron chi connectivity index (χ0n) is 8.26. The SMILES string of the molecule is O=C(O)CCC(Cc1ccccc1)=NO. The van der Waals surface area contributed by atoms with E-state index in [4.69, 9.17) is 10.3 Å². The molecule has 0 radical (unpaired) electrons. The van der Waals surface area contributed by atoms with Crippen molar-refractivity contribution in [3.63, 3.8) is 0 Å². The van der Waals surface area contributed by atoms with Crippen LogP contribution in [0.2, 0.25) is 0 Å². The molecule has 0 saturated heterocycles. The predicted octanol–water partition coefficient (Wildman–Crippen LogP) is 1.92. The predicted molar refractivity (Wildman–Crippen MR) is 56.2 cm³/mol. The molecule has 0 aliphatic heterocycles. The van der Waals surface area contributed by atoms with E-state index < -0.39 is 5.97 Å². The molecule has 15 heavy (non-hydrogen) atoms. The zero-order chi connectivity index (χ0) is 11.1. The summed E-state index contributed by atoms with van der Waals surface area (Å²) < 4.78 is 0. The highest BCUT2D eigenvalue weighted by molar-refractivity contribution is 5.88. The van der Waals surface area contributed by atoms with Gasteiger partial charge in [0.15, 0.2) is 0 Å². The van der Waals surface area contributed by atoms with E-state index in [0.29, 0.717) is 12.1 Å². The van der Waals surface area contributed by atoms with Gasteiger partial charge in [0.2, 0.25) is 0 Å². The van der Waals surface area contributed by atoms with Crippen LogP contribution < -0.4 is 0 Å². The van der Waals surface area contributed by atoms with Gasteiger partial charge in [-0.15, -0.1) is 0 Å². The van der Waals surface area contributed by atoms with Gasteiger partial charge in [-0.05, 0) is 12.0 Å². The summed E-state index contributed by atoms with van der Waals surface area (Å²) in [5.41, 5.74) is 1.50. The smallest absolute Gasteiger partial charge is 0.303 e. The Morgan fingerprint density at radius 2 is 1.87 bits per heavy atom. The number of hydrogen-bond donors (Lipinski definition) is 2. The first kappa shape index (κ1) is 11.2. The molecule has 80 valence electrons. The number of hydrogen-bond acceptors (Lipinski definition) is 3. The largest absolute Gasteiger partial charge is 0.481 e. The number of carboxylic acids is 1. The molecule has 0 fully saturated rings. The summed E-state index contributed by atoms with van der Waals surface area (Å²) >= 11 is 0. The molecule has 0 aliphatic carbocycles. The number of aliphatic carboxylic acids is 1. The van der Waals surface area contributed by atoms with Gasteiger partial charge in [0.05, 0.1) is 12.1 Å². The van der Waals surface area contributed by atoms with Gasteiger partial charge >= 0.3 is 5.97 Å². The van der Waals surface area contributed by atoms with Crippen molar-refractivity contribution in [3.8, 4) is 0 Å². The van der Waals surface area contributed by atoms with Crippen molar-refractivity contribution in [1.29, 1.82) is 0 Å². The fourth-order valence-electron chi connectivity index (χ4n) is 1.26. The molecule has 0 spiro atoms. The Bertz CT molecular complexity index is 346. The molecular formula is C11H13NO3. The van der Waals surface area contributed by atoms with Crippen LogP contribution in [-0.2, 0) is 11.2 Å². The molecule has 0 heterocycles. The second-order valence-corrected chi connectivity index (χ2v) is 3.22. The van der Waals surface area contributed by atoms with E-state index in [1.807, 2.05) is 30.3 Å². The number of carbonyl (C=O) groups is 1. The molecule has 1 aromatic rings. The minimum atomic E-state index is -0.885. The highest BCUT2D eigenvalue weighted by Crippen LogP contribution is 2.04. The van der Waals surface area contributed by atoms with Crippen LogP contribution in [0.15, 0.2) is 35.5 Å². The van der Waals surface area contributed by atoms with Crippen LogP contribution in [0.1, 0.15) is 18.4 Å². The molecule has 2 N–H and O–H groups in total. The Balaban J connectivity index is 2.52. The molecule has 0 amide bonds. The number of nitrogens with zero attached hydrogens (tertiary/aromatic N) is 1. The fourth-order valence-corrected chi connectivity index (χ4v) is 1.26. The summed E-state index contributed by atoms with van der Waals surface area (Å²) in [5, 5.41) is 20.3. The lowest BCUT2D eigenvalue weighted by Crippen LogP contribution is -2.06. The van der Waals surface area contributed by atoms with Crippen LogP contribution >= 0.6 is 0 Å². The minimum absolute atomic E-state index is 0.00771. The molecule has 1 rings (SSSR count). The summed E-state index contributed by atoms with van der Waals surface area (Å²) in [6.07, 6.45) is 0.761. The highest BCUT2D eigenvalue weighted by atomic mass is 16.4. The minimum Gasteiger partial charge on any atom is -0.481 e. The second-order valence-electron chi connectivity index (χ2n) is 3.22. The molecule has 1 aromatic carbocycles. The summed E-state index contributed by atoms with van der Waals surface area (Å²) in [6.45, 7) is 0. The summed E-state index contributed by atoms with van der Waals surface area (Å²) in [4.78, 5) is 10.3. The van der Waals surface area contributed by atoms with E-state index in [9.17, 15) is 4.79 Å². The van der Waals surface area contributed by atoms with Crippen molar-refractivity contribution in [1.82, 2.24) is 0 Å². The van der Waals surface area contributed by atoms with E-state index in [1.54, 1.807) is 0 Å². The first-order chi connectivity index (χ1) is 7.22. The number of oxime groups is 1. The Kier molecular flexibility index (Phi) is 4.34. The average Bonchev–Trinajstić information content (AvgIpc) is 2.25. The van der Waals surface area contributed by atoms with Crippen LogP contribution in [0.25, 0.3) is 0 Å². The van der Waals surface area contributed by atoms with Gasteiger partial charge in [-0.1, -0.05) is 35.5 Å². The van der Waals surface area contributed by atoms with E-state index in [1.165, 1.54) is 0 Å². The topological polar surface area (TPSA) is 69.9 Å². The van der Waals surface area contributed by atoms with Gasteiger partial charge < -0.3 is 10.3 Å². The van der Waals surface area contributed by atoms with Crippen molar-refractivity contribution < 1.29 is 15.1 Å². The van der Waals surface area contributed by atoms with Crippen LogP contribution in [0.5, 0.6) is 0 Å². The van der Waals surface area contributed by atoms with Crippen LogP contribution in [-0.4, -0.2) is 22.0 Å². The summed E-state index contributed by atoms with van der Waals surface area (Å²) in [7, 11) is 0. The van der Waals surface area contributed by atoms with Crippen molar-refractivity contribution in [2.75, 3.05) is 0 Å². The second kappa shape index (κ2) is 5.80. The Morgan fingerprint density at radius 1 is 1.20 bits per heavy atom. The maximum absolute atomic E-state index is 10.3. The van der Waals surface area contributed by atoms with Crippen molar-refractivity contribution in [2.24, 2.45) is 5.16 Å². The molecule has 0 saturated carbocycles. The van der Waals surface area contributed by atoms with Crippen molar-refractivity contribution in [2.45, 2.75) is 19.3 Å². The molecule has 0 bridgehead atoms. The fraction of sp³-hybridized carbons (Fsp3) is 0.273. The monoisotopic (exact) mass is 207 g/mol. The Hall–Kier alpha value is -1.84. The number of carboxylic acid groups (broad SMARTS) is 1. The number of rotatable bonds is 5. The maximum Gasteiger partial charge on any atom is 0.303 e. The quantitative estimate of drug-likeness (QED) is 0.440. The third-order valence-electron chi connectivity index (χ3n) is 2.02. The third-order valence-corrected chi connectivity index (χ3v) is 2.02. The van der Waals surface area contributed by atoms with Gasteiger partial charge in [0.25, 0.3) is 0 Å². The average molecular weight is 207 g/mol. The Labute approximate surface area is 87.9 Å². The lowest BCUT2D eigenvalue weighted by atomic mass is 10.1. The van der Waals surface area contributed by atoms with Gasteiger partial charge in [-0.25, -0.2) is 0 Å². The lowest BCUT2D eigenvalue weighted by molar-refractivity contribution is -0.136. The summed E-state index contributed by atoms with van der Waals surface area (Å²) in [6, 6.07) is 9.50. The Morgan fingerprint density at radius 3 is 2.40 bits per heavy atom. The summed E-state index contributed by atoms with van der Waals surface area (Å²) in [5.74, 6) is -0.885. The van der Waals surface area contributed by atoms with E-state index >= 15 is 0 Å². The molecule has 0 atom stereocenters. The van der Waals surface area contributed by atoms with Gasteiger partial charge in [0, 0.05) is 6.42 Å². The molecular weight excluding hydrogens is 194 g/mol. The van der Waals surface area contributed by atoms with E-state index in [0.717, 1.165) is 5.56 Å². The zero-order valence-corrected chi connectivity index (χ0v) is 8.26. The maximum atomic E-state index is 10.3. The van der Waals surface area contributed by atoms with Crippen molar-refractivity contribution >= 4 is 11.7 Å². The standard InChI is InChI=1S/C11H13NO3/c13-11(14)7-6-10(12-15)8-9-4-2-1-3-5-9/h1-5,15H,6-8H2,(H,13,14). The molecule has 0 unspecified atom stereocenters. The van der Waals surface area contributed by atoms with E-state index in [2.05, 4.69) is 5.16 Å². The normalized spacial score (nSPS) is 11.3. The van der Waals surface area contributed by atoms with Crippen LogP contribution in [0, 0.1) is 0 Å². The first-order valence-electron chi connectivity index (χ1n) is 4.68. The molecule has 0 aromatic heterocycles. The molecule has 0 aliphatic rings. The molecule has 4 heteroatoms. The highest BCUT2D eigenvalue weighted by Gasteiger charge is 2.05. The third kappa shape index (κ3) is 4.26. The lowest BCUT2D eigenvalue weighted by Gasteiger charge is -2.02. The van der Waals surface area contributed by atoms with Crippen molar-refractivity contribution in [3.05, 3.63) is 35.9 Å². The van der Waals surface area contributed by atoms with Crippen LogP contribution in [0.4, 0.5) is 0 Å². The van der Waals surface area contributed by atoms with Gasteiger partial charge in [-0.2, -0.15) is 0 Å². The first-order valence-corrected chi connectivity index (χ1v) is 4.68. The van der Waals surface area contributed by atoms with Crippen LogP contribution in [0.3, 0.4) is 0 Å². The van der Waals surface area contributed by atoms with Gasteiger partial charge in [-0.3, -0.25) is 4.79 Å². The molecule has 4 nitrogen and oxygen atoms in total.